The number of hydrogen-bond donors (Lipinski definition) is 1. The van der Waals surface area contributed by atoms with Crippen molar-refractivity contribution in [1.29, 1.82) is 0 Å². The van der Waals surface area contributed by atoms with Crippen LogP contribution in [0.2, 0.25) is 0 Å². The van der Waals surface area contributed by atoms with Gasteiger partial charge in [0.2, 0.25) is 10.0 Å². The molecule has 1 heterocycles. The van der Waals surface area contributed by atoms with Gasteiger partial charge in [0.1, 0.15) is 10.7 Å². The monoisotopic (exact) mass is 298 g/mol. The number of hydrogen-bond acceptors (Lipinski definition) is 4. The number of nitrogens with two attached hydrogens (primary N) is 1. The number of sulfonamides is 1. The van der Waals surface area contributed by atoms with Gasteiger partial charge in [0.05, 0.1) is 12.5 Å². The smallest absolute Gasteiger partial charge is 0.246 e. The summed E-state index contributed by atoms with van der Waals surface area (Å²) >= 11 is 0. The van der Waals surface area contributed by atoms with E-state index in [-0.39, 0.29) is 18.0 Å². The number of furan rings is 1. The highest BCUT2D eigenvalue weighted by atomic mass is 32.2. The van der Waals surface area contributed by atoms with E-state index in [1.165, 1.54) is 31.7 Å². The fourth-order valence-corrected chi connectivity index (χ4v) is 2.97. The molecule has 1 aromatic heterocycles. The van der Waals surface area contributed by atoms with Crippen molar-refractivity contribution in [3.8, 4) is 0 Å². The summed E-state index contributed by atoms with van der Waals surface area (Å²) in [6.07, 6.45) is 2.90. The Balaban J connectivity index is 2.30. The Kier molecular flexibility index (Phi) is 4.22. The highest BCUT2D eigenvalue weighted by Gasteiger charge is 2.24. The molecule has 0 saturated carbocycles. The maximum absolute atomic E-state index is 13.9. The molecule has 0 aliphatic rings. The van der Waals surface area contributed by atoms with Crippen LogP contribution in [0.5, 0.6) is 0 Å². The Morgan fingerprint density at radius 3 is 2.60 bits per heavy atom. The lowest BCUT2D eigenvalue weighted by atomic mass is 10.2. The summed E-state index contributed by atoms with van der Waals surface area (Å²) in [6, 6.07) is 5.53. The van der Waals surface area contributed by atoms with Gasteiger partial charge < -0.3 is 10.2 Å². The number of rotatable bonds is 5. The van der Waals surface area contributed by atoms with Gasteiger partial charge in [-0.15, -0.1) is 0 Å². The summed E-state index contributed by atoms with van der Waals surface area (Å²) < 4.78 is 44.4. The molecule has 0 atom stereocenters. The normalized spacial score (nSPS) is 12.0. The van der Waals surface area contributed by atoms with Gasteiger partial charge in [-0.1, -0.05) is 6.07 Å². The second kappa shape index (κ2) is 5.74. The standard InChI is InChI=1S/C13H15FN2O3S/c1-16(8-11-4-5-19-9-11)20(17,18)13-3-2-10(7-15)6-12(13)14/h2-6,9H,7-8,15H2,1H3. The van der Waals surface area contributed by atoms with Gasteiger partial charge in [0.25, 0.3) is 0 Å². The first-order chi connectivity index (χ1) is 9.45. The molecule has 0 aliphatic heterocycles. The van der Waals surface area contributed by atoms with Crippen molar-refractivity contribution in [3.05, 3.63) is 53.7 Å². The van der Waals surface area contributed by atoms with Crippen LogP contribution >= 0.6 is 0 Å². The molecule has 5 nitrogen and oxygen atoms in total. The van der Waals surface area contributed by atoms with Crippen LogP contribution in [-0.2, 0) is 23.1 Å². The van der Waals surface area contributed by atoms with Gasteiger partial charge >= 0.3 is 0 Å². The topological polar surface area (TPSA) is 76.5 Å². The second-order valence-corrected chi connectivity index (χ2v) is 6.37. The van der Waals surface area contributed by atoms with E-state index in [1.807, 2.05) is 0 Å². The number of nitrogens with zero attached hydrogens (tertiary/aromatic N) is 1. The SMILES string of the molecule is CN(Cc1ccoc1)S(=O)(=O)c1ccc(CN)cc1F. The van der Waals surface area contributed by atoms with Gasteiger partial charge in [-0.05, 0) is 23.8 Å². The maximum Gasteiger partial charge on any atom is 0.246 e. The minimum atomic E-state index is -3.89. The van der Waals surface area contributed by atoms with Crippen molar-refractivity contribution < 1.29 is 17.2 Å². The Bertz CT molecular complexity index is 684. The van der Waals surface area contributed by atoms with Crippen LogP contribution in [0.4, 0.5) is 4.39 Å². The average molecular weight is 298 g/mol. The van der Waals surface area contributed by atoms with E-state index in [0.29, 0.717) is 11.1 Å². The van der Waals surface area contributed by atoms with Crippen molar-refractivity contribution in [1.82, 2.24) is 4.31 Å². The first-order valence-corrected chi connectivity index (χ1v) is 7.35. The Morgan fingerprint density at radius 2 is 2.05 bits per heavy atom. The van der Waals surface area contributed by atoms with E-state index in [1.54, 1.807) is 6.07 Å². The molecule has 2 aromatic rings. The third kappa shape index (κ3) is 2.90. The molecule has 0 radical (unpaired) electrons. The van der Waals surface area contributed by atoms with Crippen LogP contribution in [0.3, 0.4) is 0 Å². The highest BCUT2D eigenvalue weighted by molar-refractivity contribution is 7.89. The van der Waals surface area contributed by atoms with Crippen molar-refractivity contribution in [2.75, 3.05) is 7.05 Å². The molecule has 0 fully saturated rings. The van der Waals surface area contributed by atoms with Crippen LogP contribution < -0.4 is 5.73 Å². The summed E-state index contributed by atoms with van der Waals surface area (Å²) in [4.78, 5) is -0.360. The lowest BCUT2D eigenvalue weighted by molar-refractivity contribution is 0.457. The zero-order chi connectivity index (χ0) is 14.8. The third-order valence-electron chi connectivity index (χ3n) is 2.91. The molecule has 0 saturated heterocycles. The summed E-state index contributed by atoms with van der Waals surface area (Å²) in [5.74, 6) is -0.799. The van der Waals surface area contributed by atoms with Gasteiger partial charge in [0.15, 0.2) is 0 Å². The number of benzene rings is 1. The molecule has 1 aromatic carbocycles. The Morgan fingerprint density at radius 1 is 1.30 bits per heavy atom. The summed E-state index contributed by atoms with van der Waals surface area (Å²) in [5, 5.41) is 0. The molecule has 0 spiro atoms. The molecule has 0 amide bonds. The van der Waals surface area contributed by atoms with Crippen molar-refractivity contribution in [2.45, 2.75) is 18.0 Å². The van der Waals surface area contributed by atoms with E-state index in [0.717, 1.165) is 10.4 Å². The molecule has 7 heteroatoms. The zero-order valence-corrected chi connectivity index (χ0v) is 11.7. The minimum Gasteiger partial charge on any atom is -0.472 e. The summed E-state index contributed by atoms with van der Waals surface area (Å²) in [5.41, 5.74) is 6.62. The van der Waals surface area contributed by atoms with E-state index in [9.17, 15) is 12.8 Å². The van der Waals surface area contributed by atoms with Gasteiger partial charge in [-0.2, -0.15) is 4.31 Å². The molecule has 2 N–H and O–H groups in total. The first kappa shape index (κ1) is 14.7. The summed E-state index contributed by atoms with van der Waals surface area (Å²) in [7, 11) is -2.51. The zero-order valence-electron chi connectivity index (χ0n) is 10.9. The fourth-order valence-electron chi connectivity index (χ4n) is 1.77. The molecule has 20 heavy (non-hydrogen) atoms. The van der Waals surface area contributed by atoms with Crippen LogP contribution in [0.25, 0.3) is 0 Å². The van der Waals surface area contributed by atoms with Gasteiger partial charge in [0, 0.05) is 25.7 Å². The Hall–Kier alpha value is -1.70. The van der Waals surface area contributed by atoms with E-state index in [2.05, 4.69) is 0 Å². The van der Waals surface area contributed by atoms with Crippen molar-refractivity contribution >= 4 is 10.0 Å². The van der Waals surface area contributed by atoms with E-state index >= 15 is 0 Å². The summed E-state index contributed by atoms with van der Waals surface area (Å²) in [6.45, 7) is 0.263. The van der Waals surface area contributed by atoms with Crippen LogP contribution in [-0.4, -0.2) is 19.8 Å². The second-order valence-electron chi connectivity index (χ2n) is 4.36. The first-order valence-electron chi connectivity index (χ1n) is 5.91. The predicted octanol–water partition coefficient (Wildman–Crippen LogP) is 1.70. The quantitative estimate of drug-likeness (QED) is 0.911. The minimum absolute atomic E-state index is 0.108. The van der Waals surface area contributed by atoms with Crippen molar-refractivity contribution in [2.24, 2.45) is 5.73 Å². The third-order valence-corrected chi connectivity index (χ3v) is 4.74. The molecular formula is C13H15FN2O3S. The molecular weight excluding hydrogens is 283 g/mol. The highest BCUT2D eigenvalue weighted by Crippen LogP contribution is 2.21. The van der Waals surface area contributed by atoms with Crippen molar-refractivity contribution in [3.63, 3.8) is 0 Å². The Labute approximate surface area is 116 Å². The van der Waals surface area contributed by atoms with E-state index < -0.39 is 15.8 Å². The van der Waals surface area contributed by atoms with Crippen LogP contribution in [0.1, 0.15) is 11.1 Å². The molecule has 0 aliphatic carbocycles. The average Bonchev–Trinajstić information content (AvgIpc) is 2.91. The molecule has 2 rings (SSSR count). The largest absolute Gasteiger partial charge is 0.472 e. The molecule has 0 unspecified atom stereocenters. The predicted molar refractivity (Wildman–Crippen MR) is 71.7 cm³/mol. The lowest BCUT2D eigenvalue weighted by Gasteiger charge is -2.17. The number of halogens is 1. The van der Waals surface area contributed by atoms with Crippen LogP contribution in [0, 0.1) is 5.82 Å². The lowest BCUT2D eigenvalue weighted by Crippen LogP contribution is -2.27. The van der Waals surface area contributed by atoms with Crippen LogP contribution in [0.15, 0.2) is 46.1 Å². The maximum atomic E-state index is 13.9. The van der Waals surface area contributed by atoms with Gasteiger partial charge in [-0.25, -0.2) is 12.8 Å². The molecule has 108 valence electrons. The van der Waals surface area contributed by atoms with Gasteiger partial charge in [-0.3, -0.25) is 0 Å². The van der Waals surface area contributed by atoms with E-state index in [4.69, 9.17) is 10.2 Å². The fraction of sp³-hybridized carbons (Fsp3) is 0.231. The molecule has 0 bridgehead atoms.